The summed E-state index contributed by atoms with van der Waals surface area (Å²) in [5, 5.41) is 8.61. The third-order valence-electron chi connectivity index (χ3n) is 3.41. The second-order valence-electron chi connectivity index (χ2n) is 4.94. The summed E-state index contributed by atoms with van der Waals surface area (Å²) in [5.74, 6) is -0.114. The van der Waals surface area contributed by atoms with Crippen LogP contribution in [0.2, 0.25) is 5.02 Å². The van der Waals surface area contributed by atoms with Gasteiger partial charge in [-0.2, -0.15) is 0 Å². The summed E-state index contributed by atoms with van der Waals surface area (Å²) < 4.78 is 0. The lowest BCUT2D eigenvalue weighted by atomic mass is 10.00. The molecule has 2 aromatic rings. The summed E-state index contributed by atoms with van der Waals surface area (Å²) in [6.07, 6.45) is 0.799. The number of carbonyl (C=O) groups excluding carboxylic acids is 2. The fourth-order valence-corrected chi connectivity index (χ4v) is 2.52. The number of rotatable bonds is 2. The number of hydrogen-bond donors (Lipinski definition) is 3. The maximum absolute atomic E-state index is 12.0. The Balaban J connectivity index is 1.73. The number of hydrogen-bond acceptors (Lipinski definition) is 2. The summed E-state index contributed by atoms with van der Waals surface area (Å²) in [6, 6.07) is 11.9. The molecular formula is C16H14ClN3O2. The van der Waals surface area contributed by atoms with Crippen LogP contribution >= 0.6 is 11.6 Å². The van der Waals surface area contributed by atoms with Crippen molar-refractivity contribution >= 4 is 34.9 Å². The van der Waals surface area contributed by atoms with Crippen LogP contribution in [0.3, 0.4) is 0 Å². The van der Waals surface area contributed by atoms with Crippen LogP contribution < -0.4 is 16.0 Å². The van der Waals surface area contributed by atoms with Crippen LogP contribution in [0.4, 0.5) is 16.2 Å². The van der Waals surface area contributed by atoms with Crippen molar-refractivity contribution in [1.29, 1.82) is 0 Å². The number of nitrogens with one attached hydrogen (secondary N) is 3. The number of halogens is 1. The number of carbonyl (C=O) groups is 2. The first-order chi connectivity index (χ1) is 10.6. The van der Waals surface area contributed by atoms with Gasteiger partial charge >= 0.3 is 6.03 Å². The minimum Gasteiger partial charge on any atom is -0.352 e. The van der Waals surface area contributed by atoms with Crippen LogP contribution in [0.15, 0.2) is 42.5 Å². The van der Waals surface area contributed by atoms with E-state index in [2.05, 4.69) is 16.0 Å². The maximum atomic E-state index is 12.0. The summed E-state index contributed by atoms with van der Waals surface area (Å²) in [5.41, 5.74) is 2.67. The van der Waals surface area contributed by atoms with Crippen molar-refractivity contribution < 1.29 is 9.59 Å². The molecule has 0 saturated heterocycles. The zero-order chi connectivity index (χ0) is 15.5. The molecule has 22 heavy (non-hydrogen) atoms. The van der Waals surface area contributed by atoms with Gasteiger partial charge in [-0.05, 0) is 36.2 Å². The first-order valence-electron chi connectivity index (χ1n) is 6.87. The van der Waals surface area contributed by atoms with Crippen LogP contribution in [-0.4, -0.2) is 18.5 Å². The molecule has 1 aliphatic rings. The van der Waals surface area contributed by atoms with Gasteiger partial charge in [-0.25, -0.2) is 4.79 Å². The molecule has 3 N–H and O–H groups in total. The van der Waals surface area contributed by atoms with E-state index in [1.807, 2.05) is 6.07 Å². The average molecular weight is 316 g/mol. The lowest BCUT2D eigenvalue weighted by Gasteiger charge is -2.17. The Bertz CT molecular complexity index is 746. The second-order valence-corrected chi connectivity index (χ2v) is 5.34. The van der Waals surface area contributed by atoms with Gasteiger partial charge in [0.1, 0.15) is 0 Å². The van der Waals surface area contributed by atoms with E-state index < -0.39 is 6.03 Å². The number of fused-ring (bicyclic) bond motifs is 1. The molecule has 0 unspecified atom stereocenters. The average Bonchev–Trinajstić information content (AvgIpc) is 2.50. The minimum atomic E-state index is -0.413. The van der Waals surface area contributed by atoms with E-state index >= 15 is 0 Å². The monoisotopic (exact) mass is 315 g/mol. The summed E-state index contributed by atoms with van der Waals surface area (Å²) in [6.45, 7) is 0.644. The molecule has 0 aliphatic carbocycles. The quantitative estimate of drug-likeness (QED) is 0.796. The van der Waals surface area contributed by atoms with E-state index in [0.29, 0.717) is 28.5 Å². The molecule has 1 heterocycles. The van der Waals surface area contributed by atoms with E-state index in [1.54, 1.807) is 36.4 Å². The van der Waals surface area contributed by atoms with Crippen molar-refractivity contribution in [3.8, 4) is 0 Å². The van der Waals surface area contributed by atoms with Crippen LogP contribution in [0.1, 0.15) is 15.9 Å². The van der Waals surface area contributed by atoms with Gasteiger partial charge in [-0.3, -0.25) is 4.79 Å². The van der Waals surface area contributed by atoms with Gasteiger partial charge in [0.2, 0.25) is 0 Å². The fourth-order valence-electron chi connectivity index (χ4n) is 2.34. The van der Waals surface area contributed by atoms with Gasteiger partial charge < -0.3 is 16.0 Å². The zero-order valence-corrected chi connectivity index (χ0v) is 12.4. The van der Waals surface area contributed by atoms with Gasteiger partial charge in [0, 0.05) is 17.8 Å². The van der Waals surface area contributed by atoms with Gasteiger partial charge in [-0.1, -0.05) is 29.8 Å². The molecule has 0 fully saturated rings. The van der Waals surface area contributed by atoms with E-state index in [4.69, 9.17) is 11.6 Å². The third-order valence-corrected chi connectivity index (χ3v) is 3.74. The number of para-hydroxylation sites is 1. The topological polar surface area (TPSA) is 70.2 Å². The molecule has 3 rings (SSSR count). The van der Waals surface area contributed by atoms with Gasteiger partial charge in [0.05, 0.1) is 10.7 Å². The molecule has 0 spiro atoms. The van der Waals surface area contributed by atoms with Crippen molar-refractivity contribution in [3.63, 3.8) is 0 Å². The molecule has 0 bridgehead atoms. The number of amides is 3. The standard InChI is InChI=1S/C16H14ClN3O2/c17-13-3-1-2-4-14(13)20-16(22)19-11-6-5-10-7-8-18-15(21)12(10)9-11/h1-6,9H,7-8H2,(H,18,21)(H2,19,20,22). The summed E-state index contributed by atoms with van der Waals surface area (Å²) >= 11 is 5.99. The molecule has 1 aliphatic heterocycles. The molecule has 0 radical (unpaired) electrons. The van der Waals surface area contributed by atoms with Crippen molar-refractivity contribution in [2.75, 3.05) is 17.2 Å². The Morgan fingerprint density at radius 3 is 2.77 bits per heavy atom. The van der Waals surface area contributed by atoms with Crippen molar-refractivity contribution in [2.24, 2.45) is 0 Å². The largest absolute Gasteiger partial charge is 0.352 e. The summed E-state index contributed by atoms with van der Waals surface area (Å²) in [7, 11) is 0. The Hall–Kier alpha value is -2.53. The fraction of sp³-hybridized carbons (Fsp3) is 0.125. The van der Waals surface area contributed by atoms with E-state index in [9.17, 15) is 9.59 Å². The van der Waals surface area contributed by atoms with Crippen molar-refractivity contribution in [1.82, 2.24) is 5.32 Å². The molecule has 0 saturated carbocycles. The van der Waals surface area contributed by atoms with Crippen LogP contribution in [0.25, 0.3) is 0 Å². The molecule has 5 nitrogen and oxygen atoms in total. The predicted molar refractivity (Wildman–Crippen MR) is 86.6 cm³/mol. The normalized spacial score (nSPS) is 13.0. The highest BCUT2D eigenvalue weighted by molar-refractivity contribution is 6.33. The number of anilines is 2. The molecule has 6 heteroatoms. The lowest BCUT2D eigenvalue weighted by molar-refractivity contribution is 0.0946. The van der Waals surface area contributed by atoms with Crippen molar-refractivity contribution in [2.45, 2.75) is 6.42 Å². The van der Waals surface area contributed by atoms with Crippen molar-refractivity contribution in [3.05, 3.63) is 58.6 Å². The van der Waals surface area contributed by atoms with Gasteiger partial charge in [0.15, 0.2) is 0 Å². The van der Waals surface area contributed by atoms with Gasteiger partial charge in [-0.15, -0.1) is 0 Å². The molecule has 0 atom stereocenters. The third kappa shape index (κ3) is 3.04. The van der Waals surface area contributed by atoms with Gasteiger partial charge in [0.25, 0.3) is 5.91 Å². The van der Waals surface area contributed by atoms with Crippen LogP contribution in [0, 0.1) is 0 Å². The van der Waals surface area contributed by atoms with Crippen LogP contribution in [-0.2, 0) is 6.42 Å². The minimum absolute atomic E-state index is 0.114. The van der Waals surface area contributed by atoms with Crippen LogP contribution in [0.5, 0.6) is 0 Å². The highest BCUT2D eigenvalue weighted by Gasteiger charge is 2.17. The molecular weight excluding hydrogens is 302 g/mol. The van der Waals surface area contributed by atoms with E-state index in [0.717, 1.165) is 12.0 Å². The smallest absolute Gasteiger partial charge is 0.323 e. The Kier molecular flexibility index (Phi) is 3.98. The Labute approximate surface area is 132 Å². The Morgan fingerprint density at radius 2 is 1.95 bits per heavy atom. The number of benzene rings is 2. The second kappa shape index (κ2) is 6.07. The Morgan fingerprint density at radius 1 is 1.14 bits per heavy atom. The van der Waals surface area contributed by atoms with E-state index in [-0.39, 0.29) is 5.91 Å². The first-order valence-corrected chi connectivity index (χ1v) is 7.25. The SMILES string of the molecule is O=C(Nc1ccc2c(c1)C(=O)NCC2)Nc1ccccc1Cl. The first kappa shape index (κ1) is 14.4. The molecule has 3 amide bonds. The highest BCUT2D eigenvalue weighted by Crippen LogP contribution is 2.22. The molecule has 112 valence electrons. The maximum Gasteiger partial charge on any atom is 0.323 e. The van der Waals surface area contributed by atoms with E-state index in [1.165, 1.54) is 0 Å². The zero-order valence-electron chi connectivity index (χ0n) is 11.7. The number of urea groups is 1. The predicted octanol–water partition coefficient (Wildman–Crippen LogP) is 3.27. The molecule has 0 aromatic heterocycles. The molecule has 2 aromatic carbocycles. The summed E-state index contributed by atoms with van der Waals surface area (Å²) in [4.78, 5) is 23.8. The lowest BCUT2D eigenvalue weighted by Crippen LogP contribution is -2.32. The highest BCUT2D eigenvalue weighted by atomic mass is 35.5.